The molecular formula is C7H14FNO. The van der Waals surface area contributed by atoms with Gasteiger partial charge in [0.05, 0.1) is 6.10 Å². The van der Waals surface area contributed by atoms with E-state index in [4.69, 9.17) is 0 Å². The van der Waals surface area contributed by atoms with Crippen molar-refractivity contribution in [1.29, 1.82) is 0 Å². The van der Waals surface area contributed by atoms with Crippen LogP contribution in [0, 0.1) is 5.41 Å². The molecule has 0 aliphatic carbocycles. The number of halogens is 1. The van der Waals surface area contributed by atoms with Gasteiger partial charge in [-0.15, -0.1) is 0 Å². The second-order valence-corrected chi connectivity index (χ2v) is 3.58. The zero-order chi connectivity index (χ0) is 7.78. The van der Waals surface area contributed by atoms with Crippen LogP contribution in [0.3, 0.4) is 0 Å². The smallest absolute Gasteiger partial charge is 0.139 e. The molecule has 2 atom stereocenters. The summed E-state index contributed by atoms with van der Waals surface area (Å²) in [6.07, 6.45) is -1.92. The van der Waals surface area contributed by atoms with Crippen molar-refractivity contribution in [3.05, 3.63) is 0 Å². The van der Waals surface area contributed by atoms with Gasteiger partial charge in [0, 0.05) is 18.5 Å². The average molecular weight is 147 g/mol. The summed E-state index contributed by atoms with van der Waals surface area (Å²) in [5, 5.41) is 12.2. The first kappa shape index (κ1) is 7.95. The Morgan fingerprint density at radius 1 is 1.60 bits per heavy atom. The van der Waals surface area contributed by atoms with Crippen molar-refractivity contribution >= 4 is 0 Å². The molecule has 0 aromatic carbocycles. The highest BCUT2D eigenvalue weighted by Gasteiger charge is 2.37. The van der Waals surface area contributed by atoms with Gasteiger partial charge < -0.3 is 10.4 Å². The minimum absolute atomic E-state index is 0.282. The second-order valence-electron chi connectivity index (χ2n) is 3.58. The summed E-state index contributed by atoms with van der Waals surface area (Å²) in [5.74, 6) is 0. The van der Waals surface area contributed by atoms with Gasteiger partial charge in [-0.25, -0.2) is 4.39 Å². The monoisotopic (exact) mass is 147 g/mol. The number of piperidine rings is 1. The molecule has 1 rings (SSSR count). The molecule has 0 spiro atoms. The first-order chi connectivity index (χ1) is 4.54. The van der Waals surface area contributed by atoms with Crippen LogP contribution in [0.1, 0.15) is 13.8 Å². The van der Waals surface area contributed by atoms with Gasteiger partial charge in [-0.3, -0.25) is 0 Å². The maximum Gasteiger partial charge on any atom is 0.139 e. The molecule has 3 heteroatoms. The summed E-state index contributed by atoms with van der Waals surface area (Å²) >= 11 is 0. The van der Waals surface area contributed by atoms with Gasteiger partial charge >= 0.3 is 0 Å². The topological polar surface area (TPSA) is 32.3 Å². The Morgan fingerprint density at radius 2 is 2.20 bits per heavy atom. The van der Waals surface area contributed by atoms with Crippen LogP contribution in [-0.2, 0) is 0 Å². The summed E-state index contributed by atoms with van der Waals surface area (Å²) in [7, 11) is 0. The Bertz CT molecular complexity index is 127. The zero-order valence-electron chi connectivity index (χ0n) is 6.39. The lowest BCUT2D eigenvalue weighted by Gasteiger charge is -2.37. The summed E-state index contributed by atoms with van der Waals surface area (Å²) in [6, 6.07) is 0. The number of hydrogen-bond donors (Lipinski definition) is 2. The van der Waals surface area contributed by atoms with E-state index < -0.39 is 12.3 Å². The Hall–Kier alpha value is -0.150. The maximum absolute atomic E-state index is 12.8. The van der Waals surface area contributed by atoms with E-state index in [2.05, 4.69) is 5.32 Å². The van der Waals surface area contributed by atoms with Crippen molar-refractivity contribution in [2.75, 3.05) is 13.1 Å². The van der Waals surface area contributed by atoms with Crippen LogP contribution in [0.15, 0.2) is 0 Å². The third kappa shape index (κ3) is 1.30. The van der Waals surface area contributed by atoms with Gasteiger partial charge in [0.25, 0.3) is 0 Å². The van der Waals surface area contributed by atoms with Gasteiger partial charge in [0.2, 0.25) is 0 Å². The third-order valence-electron chi connectivity index (χ3n) is 2.06. The highest BCUT2D eigenvalue weighted by atomic mass is 19.1. The van der Waals surface area contributed by atoms with E-state index in [1.807, 2.05) is 13.8 Å². The van der Waals surface area contributed by atoms with E-state index in [-0.39, 0.29) is 12.0 Å². The lowest BCUT2D eigenvalue weighted by molar-refractivity contribution is -0.0346. The van der Waals surface area contributed by atoms with E-state index in [1.54, 1.807) is 0 Å². The highest BCUT2D eigenvalue weighted by Crippen LogP contribution is 2.26. The minimum Gasteiger partial charge on any atom is -0.389 e. The molecule has 0 saturated carbocycles. The Kier molecular flexibility index (Phi) is 1.97. The fourth-order valence-corrected chi connectivity index (χ4v) is 1.24. The molecule has 0 radical (unpaired) electrons. The lowest BCUT2D eigenvalue weighted by atomic mass is 9.81. The maximum atomic E-state index is 12.8. The van der Waals surface area contributed by atoms with Gasteiger partial charge in [0.1, 0.15) is 6.17 Å². The molecule has 2 nitrogen and oxygen atoms in total. The molecule has 1 saturated heterocycles. The van der Waals surface area contributed by atoms with Gasteiger partial charge in [-0.1, -0.05) is 13.8 Å². The standard InChI is InChI=1S/C7H14FNO/c1-7(2)4-9-3-5(8)6(7)10/h5-6,9-10H,3-4H2,1-2H3. The van der Waals surface area contributed by atoms with Crippen LogP contribution in [0.4, 0.5) is 4.39 Å². The van der Waals surface area contributed by atoms with E-state index >= 15 is 0 Å². The van der Waals surface area contributed by atoms with Crippen LogP contribution in [0.25, 0.3) is 0 Å². The van der Waals surface area contributed by atoms with E-state index in [0.717, 1.165) is 0 Å². The second kappa shape index (κ2) is 2.47. The number of aliphatic hydroxyl groups is 1. The highest BCUT2D eigenvalue weighted by molar-refractivity contribution is 4.90. The van der Waals surface area contributed by atoms with Crippen molar-refractivity contribution in [1.82, 2.24) is 5.32 Å². The predicted octanol–water partition coefficient (Wildman–Crippen LogP) is 0.315. The largest absolute Gasteiger partial charge is 0.389 e. The molecule has 1 aliphatic heterocycles. The molecule has 1 aliphatic rings. The molecule has 0 amide bonds. The van der Waals surface area contributed by atoms with Crippen molar-refractivity contribution < 1.29 is 9.50 Å². The van der Waals surface area contributed by atoms with Gasteiger partial charge in [0.15, 0.2) is 0 Å². The van der Waals surface area contributed by atoms with E-state index in [9.17, 15) is 9.50 Å². The molecule has 0 aromatic rings. The fourth-order valence-electron chi connectivity index (χ4n) is 1.24. The van der Waals surface area contributed by atoms with Crippen molar-refractivity contribution in [2.24, 2.45) is 5.41 Å². The number of hydrogen-bond acceptors (Lipinski definition) is 2. The van der Waals surface area contributed by atoms with E-state index in [1.165, 1.54) is 0 Å². The van der Waals surface area contributed by atoms with Gasteiger partial charge in [-0.05, 0) is 0 Å². The molecule has 2 unspecified atom stereocenters. The van der Waals surface area contributed by atoms with Crippen LogP contribution in [0.5, 0.6) is 0 Å². The Balaban J connectivity index is 2.60. The summed E-state index contributed by atoms with van der Waals surface area (Å²) in [6.45, 7) is 4.69. The fraction of sp³-hybridized carbons (Fsp3) is 1.00. The normalized spacial score (nSPS) is 39.6. The Morgan fingerprint density at radius 3 is 2.60 bits per heavy atom. The molecule has 1 fully saturated rings. The summed E-state index contributed by atoms with van der Waals surface area (Å²) in [5.41, 5.74) is -0.322. The van der Waals surface area contributed by atoms with E-state index in [0.29, 0.717) is 6.54 Å². The molecule has 1 heterocycles. The quantitative estimate of drug-likeness (QED) is 0.517. The molecular weight excluding hydrogens is 133 g/mol. The first-order valence-corrected chi connectivity index (χ1v) is 3.57. The average Bonchev–Trinajstić information content (AvgIpc) is 1.83. The molecule has 0 aromatic heterocycles. The number of rotatable bonds is 0. The Labute approximate surface area is 60.4 Å². The number of alkyl halides is 1. The summed E-state index contributed by atoms with van der Waals surface area (Å²) in [4.78, 5) is 0. The molecule has 0 bridgehead atoms. The third-order valence-corrected chi connectivity index (χ3v) is 2.06. The van der Waals surface area contributed by atoms with Gasteiger partial charge in [-0.2, -0.15) is 0 Å². The summed E-state index contributed by atoms with van der Waals surface area (Å²) < 4.78 is 12.8. The molecule has 10 heavy (non-hydrogen) atoms. The minimum atomic E-state index is -1.11. The number of aliphatic hydroxyl groups excluding tert-OH is 1. The molecule has 2 N–H and O–H groups in total. The first-order valence-electron chi connectivity index (χ1n) is 3.57. The van der Waals surface area contributed by atoms with Crippen molar-refractivity contribution in [3.8, 4) is 0 Å². The van der Waals surface area contributed by atoms with Crippen molar-refractivity contribution in [2.45, 2.75) is 26.1 Å². The number of nitrogens with one attached hydrogen (secondary N) is 1. The van der Waals surface area contributed by atoms with Crippen LogP contribution >= 0.6 is 0 Å². The van der Waals surface area contributed by atoms with Crippen LogP contribution in [-0.4, -0.2) is 30.5 Å². The van der Waals surface area contributed by atoms with Crippen LogP contribution < -0.4 is 5.32 Å². The van der Waals surface area contributed by atoms with Crippen molar-refractivity contribution in [3.63, 3.8) is 0 Å². The zero-order valence-corrected chi connectivity index (χ0v) is 6.39. The lowest BCUT2D eigenvalue weighted by Crippen LogP contribution is -2.53. The SMILES string of the molecule is CC1(C)CNCC(F)C1O. The molecule has 60 valence electrons. The van der Waals surface area contributed by atoms with Crippen LogP contribution in [0.2, 0.25) is 0 Å². The predicted molar refractivity (Wildman–Crippen MR) is 37.6 cm³/mol.